The quantitative estimate of drug-likeness (QED) is 0.771. The number of carbonyl (C=O) groups excluding carboxylic acids is 1. The maximum absolute atomic E-state index is 12.2. The number of tetrazole rings is 1. The summed E-state index contributed by atoms with van der Waals surface area (Å²) in [6, 6.07) is 8.83. The number of nitrogens with one attached hydrogen (secondary N) is 2. The van der Waals surface area contributed by atoms with E-state index in [4.69, 9.17) is 0 Å². The zero-order valence-electron chi connectivity index (χ0n) is 15.0. The molecule has 1 fully saturated rings. The smallest absolute Gasteiger partial charge is 0.152 e. The molecule has 6 nitrogen and oxygen atoms in total. The fourth-order valence-electron chi connectivity index (χ4n) is 3.87. The molecule has 2 heterocycles. The highest BCUT2D eigenvalue weighted by Crippen LogP contribution is 2.31. The summed E-state index contributed by atoms with van der Waals surface area (Å²) in [4.78, 5) is 12.2. The van der Waals surface area contributed by atoms with E-state index in [9.17, 15) is 4.79 Å². The van der Waals surface area contributed by atoms with Crippen LogP contribution in [0.15, 0.2) is 24.3 Å². The minimum Gasteiger partial charge on any atom is -0.316 e. The molecule has 1 aromatic heterocycles. The summed E-state index contributed by atoms with van der Waals surface area (Å²) in [5.41, 5.74) is 2.61. The number of H-pyrrole nitrogens is 1. The van der Waals surface area contributed by atoms with Crippen LogP contribution in [0.4, 0.5) is 0 Å². The molecule has 0 aliphatic carbocycles. The first kappa shape index (κ1) is 17.7. The highest BCUT2D eigenvalue weighted by molar-refractivity contribution is 5.79. The van der Waals surface area contributed by atoms with Gasteiger partial charge in [0.1, 0.15) is 5.78 Å². The Morgan fingerprint density at radius 3 is 2.68 bits per heavy atom. The normalized spacial score (nSPS) is 19.7. The predicted octanol–water partition coefficient (Wildman–Crippen LogP) is 2.61. The molecule has 134 valence electrons. The third-order valence-electron chi connectivity index (χ3n) is 5.29. The summed E-state index contributed by atoms with van der Waals surface area (Å²) >= 11 is 0. The molecule has 0 spiro atoms. The molecule has 1 aliphatic heterocycles. The molecule has 2 aromatic rings. The Labute approximate surface area is 148 Å². The Balaban J connectivity index is 1.78. The van der Waals surface area contributed by atoms with Gasteiger partial charge in [0.2, 0.25) is 0 Å². The zero-order chi connectivity index (χ0) is 17.6. The Hall–Kier alpha value is -2.08. The van der Waals surface area contributed by atoms with E-state index >= 15 is 0 Å². The standard InChI is InChI=1S/C19H27N5O/c1-3-4-17(13(2)25)18(19-21-23-24-22-19)11-14-5-7-15(8-6-14)16-9-10-20-12-16/h5-8,16-18,20H,3-4,9-12H2,1-2H3,(H,21,22,23,24)/t16?,17-,18+/m1/s1. The van der Waals surface area contributed by atoms with Gasteiger partial charge in [0.15, 0.2) is 5.82 Å². The van der Waals surface area contributed by atoms with E-state index in [1.54, 1.807) is 6.92 Å². The van der Waals surface area contributed by atoms with Crippen LogP contribution < -0.4 is 5.32 Å². The molecule has 1 aliphatic rings. The number of Topliss-reactive ketones (excluding diaryl/α,β-unsaturated/α-hetero) is 1. The lowest BCUT2D eigenvalue weighted by Gasteiger charge is -2.23. The first-order chi connectivity index (χ1) is 12.2. The van der Waals surface area contributed by atoms with Crippen LogP contribution in [0, 0.1) is 5.92 Å². The van der Waals surface area contributed by atoms with Gasteiger partial charge in [-0.2, -0.15) is 0 Å². The van der Waals surface area contributed by atoms with Crippen molar-refractivity contribution in [3.05, 3.63) is 41.2 Å². The molecule has 0 amide bonds. The van der Waals surface area contributed by atoms with Crippen molar-refractivity contribution in [2.24, 2.45) is 5.92 Å². The van der Waals surface area contributed by atoms with Crippen LogP contribution in [-0.2, 0) is 11.2 Å². The third-order valence-corrected chi connectivity index (χ3v) is 5.29. The van der Waals surface area contributed by atoms with E-state index in [0.717, 1.165) is 32.4 Å². The minimum absolute atomic E-state index is 0.00792. The van der Waals surface area contributed by atoms with Gasteiger partial charge in [0, 0.05) is 18.4 Å². The van der Waals surface area contributed by atoms with Gasteiger partial charge in [-0.3, -0.25) is 4.79 Å². The van der Waals surface area contributed by atoms with Gasteiger partial charge in [-0.15, -0.1) is 5.10 Å². The fourth-order valence-corrected chi connectivity index (χ4v) is 3.87. The van der Waals surface area contributed by atoms with Gasteiger partial charge < -0.3 is 5.32 Å². The molecule has 2 N–H and O–H groups in total. The summed E-state index contributed by atoms with van der Waals surface area (Å²) < 4.78 is 0. The van der Waals surface area contributed by atoms with Gasteiger partial charge >= 0.3 is 0 Å². The monoisotopic (exact) mass is 341 g/mol. The van der Waals surface area contributed by atoms with Crippen LogP contribution in [0.1, 0.15) is 61.9 Å². The van der Waals surface area contributed by atoms with Gasteiger partial charge in [0.25, 0.3) is 0 Å². The summed E-state index contributed by atoms with van der Waals surface area (Å²) in [7, 11) is 0. The van der Waals surface area contributed by atoms with Crippen molar-refractivity contribution in [3.63, 3.8) is 0 Å². The molecular formula is C19H27N5O. The van der Waals surface area contributed by atoms with Gasteiger partial charge in [-0.1, -0.05) is 37.6 Å². The number of carbonyl (C=O) groups is 1. The molecule has 3 atom stereocenters. The molecule has 0 saturated carbocycles. The molecule has 1 aromatic carbocycles. The van der Waals surface area contributed by atoms with Crippen LogP contribution in [0.5, 0.6) is 0 Å². The first-order valence-electron chi connectivity index (χ1n) is 9.22. The molecule has 0 bridgehead atoms. The van der Waals surface area contributed by atoms with Crippen LogP contribution in [-0.4, -0.2) is 39.5 Å². The molecule has 6 heteroatoms. The second-order valence-electron chi connectivity index (χ2n) is 7.03. The van der Waals surface area contributed by atoms with Crippen molar-refractivity contribution < 1.29 is 4.79 Å². The topological polar surface area (TPSA) is 83.6 Å². The van der Waals surface area contributed by atoms with Crippen molar-refractivity contribution in [1.82, 2.24) is 25.9 Å². The maximum atomic E-state index is 12.2. The van der Waals surface area contributed by atoms with Crippen molar-refractivity contribution in [2.75, 3.05) is 13.1 Å². The highest BCUT2D eigenvalue weighted by Gasteiger charge is 2.29. The number of hydrogen-bond acceptors (Lipinski definition) is 5. The number of rotatable bonds is 8. The van der Waals surface area contributed by atoms with Gasteiger partial charge in [-0.25, -0.2) is 5.10 Å². The van der Waals surface area contributed by atoms with E-state index in [0.29, 0.717) is 11.7 Å². The Bertz CT molecular complexity index is 662. The summed E-state index contributed by atoms with van der Waals surface area (Å²) in [5, 5.41) is 17.8. The van der Waals surface area contributed by atoms with Crippen molar-refractivity contribution in [2.45, 2.75) is 51.4 Å². The highest BCUT2D eigenvalue weighted by atomic mass is 16.1. The summed E-state index contributed by atoms with van der Waals surface area (Å²) in [6.07, 6.45) is 3.79. The van der Waals surface area contributed by atoms with E-state index < -0.39 is 0 Å². The number of aromatic amines is 1. The van der Waals surface area contributed by atoms with E-state index in [-0.39, 0.29) is 17.6 Å². The van der Waals surface area contributed by atoms with E-state index in [1.807, 2.05) is 0 Å². The van der Waals surface area contributed by atoms with Crippen LogP contribution in [0.3, 0.4) is 0 Å². The third kappa shape index (κ3) is 4.31. The predicted molar refractivity (Wildman–Crippen MR) is 96.4 cm³/mol. The molecule has 25 heavy (non-hydrogen) atoms. The molecule has 3 rings (SSSR count). The minimum atomic E-state index is -0.0570. The van der Waals surface area contributed by atoms with Crippen molar-refractivity contribution >= 4 is 5.78 Å². The number of nitrogens with zero attached hydrogens (tertiary/aromatic N) is 3. The average molecular weight is 341 g/mol. The SMILES string of the molecule is CCC[C@H](C(C)=O)[C@H](Cc1ccc(C2CCNC2)cc1)c1nnn[nH]1. The first-order valence-corrected chi connectivity index (χ1v) is 9.22. The molecule has 1 saturated heterocycles. The lowest BCUT2D eigenvalue weighted by molar-refractivity contribution is -0.121. The lowest BCUT2D eigenvalue weighted by Crippen LogP contribution is -2.23. The molecule has 1 unspecified atom stereocenters. The van der Waals surface area contributed by atoms with E-state index in [2.05, 4.69) is 57.1 Å². The molecule has 0 radical (unpaired) electrons. The number of benzene rings is 1. The number of ketones is 1. The van der Waals surface area contributed by atoms with Crippen LogP contribution in [0.25, 0.3) is 0 Å². The fraction of sp³-hybridized carbons (Fsp3) is 0.579. The molecular weight excluding hydrogens is 314 g/mol. The maximum Gasteiger partial charge on any atom is 0.152 e. The Kier molecular flexibility index (Phi) is 5.91. The number of aromatic nitrogens is 4. The van der Waals surface area contributed by atoms with E-state index in [1.165, 1.54) is 17.5 Å². The Morgan fingerprint density at radius 2 is 2.12 bits per heavy atom. The largest absolute Gasteiger partial charge is 0.316 e. The average Bonchev–Trinajstić information content (AvgIpc) is 3.31. The summed E-state index contributed by atoms with van der Waals surface area (Å²) in [6.45, 7) is 5.95. The lowest BCUT2D eigenvalue weighted by atomic mass is 9.81. The summed E-state index contributed by atoms with van der Waals surface area (Å²) in [5.74, 6) is 1.47. The van der Waals surface area contributed by atoms with Crippen LogP contribution >= 0.6 is 0 Å². The second kappa shape index (κ2) is 8.34. The Morgan fingerprint density at radius 1 is 1.32 bits per heavy atom. The van der Waals surface area contributed by atoms with Gasteiger partial charge in [-0.05, 0) is 60.2 Å². The van der Waals surface area contributed by atoms with Crippen molar-refractivity contribution in [3.8, 4) is 0 Å². The second-order valence-corrected chi connectivity index (χ2v) is 7.03. The van der Waals surface area contributed by atoms with Crippen molar-refractivity contribution in [1.29, 1.82) is 0 Å². The zero-order valence-corrected chi connectivity index (χ0v) is 15.0. The van der Waals surface area contributed by atoms with Crippen LogP contribution in [0.2, 0.25) is 0 Å². The van der Waals surface area contributed by atoms with Gasteiger partial charge in [0.05, 0.1) is 0 Å². The number of hydrogen-bond donors (Lipinski definition) is 2.